The quantitative estimate of drug-likeness (QED) is 0.747. The van der Waals surface area contributed by atoms with Crippen molar-refractivity contribution in [3.05, 3.63) is 64.7 Å². The zero-order valence-electron chi connectivity index (χ0n) is 15.3. The molecule has 2 aliphatic rings. The predicted molar refractivity (Wildman–Crippen MR) is 97.9 cm³/mol. The number of fused-ring (bicyclic) bond motifs is 1. The minimum Gasteiger partial charge on any atom is -0.348 e. The lowest BCUT2D eigenvalue weighted by atomic mass is 10.0. The average Bonchev–Trinajstić information content (AvgIpc) is 3.02. The Morgan fingerprint density at radius 3 is 2.86 bits per heavy atom. The topological polar surface area (TPSA) is 108 Å². The van der Waals surface area contributed by atoms with Crippen molar-refractivity contribution >= 4 is 23.6 Å². The Morgan fingerprint density at radius 2 is 2.14 bits per heavy atom. The van der Waals surface area contributed by atoms with Gasteiger partial charge in [-0.2, -0.15) is 0 Å². The lowest BCUT2D eigenvalue weighted by Crippen LogP contribution is -2.52. The van der Waals surface area contributed by atoms with Crippen LogP contribution in [0.1, 0.15) is 44.7 Å². The highest BCUT2D eigenvalue weighted by atomic mass is 19.1. The van der Waals surface area contributed by atoms with Gasteiger partial charge >= 0.3 is 0 Å². The molecule has 0 radical (unpaired) electrons. The average molecular weight is 396 g/mol. The van der Waals surface area contributed by atoms with Gasteiger partial charge in [0, 0.05) is 43.0 Å². The van der Waals surface area contributed by atoms with Crippen LogP contribution in [0.5, 0.6) is 0 Å². The number of hydrogen-bond donors (Lipinski definition) is 2. The maximum Gasteiger partial charge on any atom is 0.255 e. The summed E-state index contributed by atoms with van der Waals surface area (Å²) in [7, 11) is 0. The van der Waals surface area contributed by atoms with Crippen LogP contribution in [-0.2, 0) is 22.7 Å². The van der Waals surface area contributed by atoms with Gasteiger partial charge in [0.15, 0.2) is 0 Å². The zero-order valence-corrected chi connectivity index (χ0v) is 15.3. The van der Waals surface area contributed by atoms with Crippen LogP contribution in [0.15, 0.2) is 36.7 Å². The van der Waals surface area contributed by atoms with E-state index in [4.69, 9.17) is 0 Å². The zero-order chi connectivity index (χ0) is 20.5. The van der Waals surface area contributed by atoms with Crippen molar-refractivity contribution in [2.24, 2.45) is 0 Å². The molecular formula is C20H17FN4O4. The van der Waals surface area contributed by atoms with Crippen molar-refractivity contribution in [3.63, 3.8) is 0 Å². The fourth-order valence-electron chi connectivity index (χ4n) is 3.55. The molecule has 4 amide bonds. The Bertz CT molecular complexity index is 1020. The molecule has 2 aromatic rings. The summed E-state index contributed by atoms with van der Waals surface area (Å²) in [6.45, 7) is 0.0870. The molecule has 3 heterocycles. The number of halogens is 1. The summed E-state index contributed by atoms with van der Waals surface area (Å²) in [5.74, 6) is -2.34. The lowest BCUT2D eigenvalue weighted by molar-refractivity contribution is -0.136. The number of carbonyl (C=O) groups is 4. The van der Waals surface area contributed by atoms with Crippen LogP contribution in [0.2, 0.25) is 0 Å². The first-order chi connectivity index (χ1) is 13.9. The summed E-state index contributed by atoms with van der Waals surface area (Å²) < 4.78 is 14.5. The van der Waals surface area contributed by atoms with Crippen LogP contribution in [0.25, 0.3) is 0 Å². The van der Waals surface area contributed by atoms with E-state index in [-0.39, 0.29) is 48.9 Å². The molecule has 0 aliphatic carbocycles. The normalized spacial score (nSPS) is 18.4. The molecule has 0 bridgehead atoms. The molecule has 0 saturated carbocycles. The largest absolute Gasteiger partial charge is 0.348 e. The fourth-order valence-corrected chi connectivity index (χ4v) is 3.55. The third kappa shape index (κ3) is 3.58. The molecule has 1 aromatic carbocycles. The molecule has 2 aliphatic heterocycles. The summed E-state index contributed by atoms with van der Waals surface area (Å²) in [6, 6.07) is 5.12. The van der Waals surface area contributed by atoms with E-state index in [1.807, 2.05) is 0 Å². The molecule has 1 fully saturated rings. The number of benzene rings is 1. The second-order valence-electron chi connectivity index (χ2n) is 6.93. The van der Waals surface area contributed by atoms with Gasteiger partial charge in [-0.05, 0) is 36.2 Å². The number of nitrogens with zero attached hydrogens (tertiary/aromatic N) is 2. The van der Waals surface area contributed by atoms with E-state index in [1.165, 1.54) is 17.2 Å². The van der Waals surface area contributed by atoms with E-state index < -0.39 is 23.7 Å². The van der Waals surface area contributed by atoms with Gasteiger partial charge in [-0.15, -0.1) is 0 Å². The fraction of sp³-hybridized carbons (Fsp3) is 0.250. The molecule has 148 valence electrons. The van der Waals surface area contributed by atoms with Gasteiger partial charge in [-0.1, -0.05) is 0 Å². The molecule has 8 nitrogen and oxygen atoms in total. The van der Waals surface area contributed by atoms with Crippen LogP contribution in [0.4, 0.5) is 4.39 Å². The minimum absolute atomic E-state index is 0.0561. The molecule has 1 aromatic heterocycles. The Labute approximate surface area is 165 Å². The predicted octanol–water partition coefficient (Wildman–Crippen LogP) is 0.912. The standard InChI is InChI=1S/C20H17FN4O4/c21-15-7-14-13(6-12(15)9-23-18(27)11-2-1-5-22-8-11)10-25(20(14)29)16-3-4-17(26)24-19(16)28/h1-2,5-8,16H,3-4,9-10H2,(H,23,27)(H,24,26,28). The van der Waals surface area contributed by atoms with Gasteiger partial charge in [0.25, 0.3) is 11.8 Å². The molecular weight excluding hydrogens is 379 g/mol. The number of imide groups is 1. The summed E-state index contributed by atoms with van der Waals surface area (Å²) in [4.78, 5) is 53.4. The number of pyridine rings is 1. The Balaban J connectivity index is 1.49. The summed E-state index contributed by atoms with van der Waals surface area (Å²) in [5.41, 5.74) is 1.36. The van der Waals surface area contributed by atoms with Crippen molar-refractivity contribution < 1.29 is 23.6 Å². The molecule has 0 spiro atoms. The highest BCUT2D eigenvalue weighted by molar-refractivity contribution is 6.05. The molecule has 2 N–H and O–H groups in total. The van der Waals surface area contributed by atoms with E-state index in [0.717, 1.165) is 6.07 Å². The number of rotatable bonds is 4. The number of carbonyl (C=O) groups excluding carboxylic acids is 4. The lowest BCUT2D eigenvalue weighted by Gasteiger charge is -2.29. The van der Waals surface area contributed by atoms with Crippen LogP contribution < -0.4 is 10.6 Å². The number of nitrogens with one attached hydrogen (secondary N) is 2. The monoisotopic (exact) mass is 396 g/mol. The SMILES string of the molecule is O=C1CCC(N2Cc3cc(CNC(=O)c4cccnc4)c(F)cc3C2=O)C(=O)N1. The maximum absolute atomic E-state index is 14.5. The van der Waals surface area contributed by atoms with E-state index >= 15 is 0 Å². The van der Waals surface area contributed by atoms with E-state index in [1.54, 1.807) is 18.3 Å². The van der Waals surface area contributed by atoms with Gasteiger partial charge in [0.2, 0.25) is 11.8 Å². The van der Waals surface area contributed by atoms with E-state index in [2.05, 4.69) is 15.6 Å². The van der Waals surface area contributed by atoms with Crippen molar-refractivity contribution in [2.75, 3.05) is 0 Å². The molecule has 1 atom stereocenters. The number of amides is 4. The van der Waals surface area contributed by atoms with Crippen molar-refractivity contribution in [1.29, 1.82) is 0 Å². The molecule has 1 unspecified atom stereocenters. The summed E-state index contributed by atoms with van der Waals surface area (Å²) in [6.07, 6.45) is 3.34. The number of piperidine rings is 1. The first-order valence-electron chi connectivity index (χ1n) is 9.08. The highest BCUT2D eigenvalue weighted by Crippen LogP contribution is 2.29. The van der Waals surface area contributed by atoms with Gasteiger partial charge in [-0.25, -0.2) is 4.39 Å². The molecule has 29 heavy (non-hydrogen) atoms. The van der Waals surface area contributed by atoms with Gasteiger partial charge in [0.05, 0.1) is 5.56 Å². The van der Waals surface area contributed by atoms with E-state index in [9.17, 15) is 23.6 Å². The third-order valence-corrected chi connectivity index (χ3v) is 5.05. The van der Waals surface area contributed by atoms with Gasteiger partial charge in [-0.3, -0.25) is 29.5 Å². The van der Waals surface area contributed by atoms with Crippen LogP contribution in [-0.4, -0.2) is 39.6 Å². The smallest absolute Gasteiger partial charge is 0.255 e. The highest BCUT2D eigenvalue weighted by Gasteiger charge is 2.39. The van der Waals surface area contributed by atoms with Gasteiger partial charge in [0.1, 0.15) is 11.9 Å². The number of hydrogen-bond acceptors (Lipinski definition) is 5. The van der Waals surface area contributed by atoms with Crippen LogP contribution in [0, 0.1) is 5.82 Å². The van der Waals surface area contributed by atoms with Crippen molar-refractivity contribution in [3.8, 4) is 0 Å². The number of aromatic nitrogens is 1. The van der Waals surface area contributed by atoms with E-state index in [0.29, 0.717) is 11.1 Å². The second kappa shape index (κ2) is 7.42. The Hall–Kier alpha value is -3.62. The first kappa shape index (κ1) is 18.7. The Kier molecular flexibility index (Phi) is 4.79. The molecule has 4 rings (SSSR count). The first-order valence-corrected chi connectivity index (χ1v) is 9.08. The third-order valence-electron chi connectivity index (χ3n) is 5.05. The maximum atomic E-state index is 14.5. The van der Waals surface area contributed by atoms with Crippen molar-refractivity contribution in [1.82, 2.24) is 20.5 Å². The van der Waals surface area contributed by atoms with Crippen LogP contribution in [0.3, 0.4) is 0 Å². The summed E-state index contributed by atoms with van der Waals surface area (Å²) in [5, 5.41) is 4.85. The van der Waals surface area contributed by atoms with Crippen LogP contribution >= 0.6 is 0 Å². The second-order valence-corrected chi connectivity index (χ2v) is 6.93. The molecule has 9 heteroatoms. The van der Waals surface area contributed by atoms with Gasteiger partial charge < -0.3 is 10.2 Å². The Morgan fingerprint density at radius 1 is 1.31 bits per heavy atom. The summed E-state index contributed by atoms with van der Waals surface area (Å²) >= 11 is 0. The molecule has 1 saturated heterocycles. The van der Waals surface area contributed by atoms with Crippen molar-refractivity contribution in [2.45, 2.75) is 32.0 Å². The minimum atomic E-state index is -0.760.